The summed E-state index contributed by atoms with van der Waals surface area (Å²) >= 11 is 0. The molecule has 0 amide bonds. The highest BCUT2D eigenvalue weighted by molar-refractivity contribution is 5.17. The molecular formula is C17H21FN2. The third kappa shape index (κ3) is 4.76. The number of rotatable bonds is 7. The van der Waals surface area contributed by atoms with Crippen molar-refractivity contribution in [2.45, 2.75) is 13.1 Å². The van der Waals surface area contributed by atoms with Crippen molar-refractivity contribution in [2.75, 3.05) is 20.1 Å². The van der Waals surface area contributed by atoms with E-state index >= 15 is 0 Å². The van der Waals surface area contributed by atoms with Crippen LogP contribution < -0.4 is 5.32 Å². The first-order valence-corrected chi connectivity index (χ1v) is 6.92. The largest absolute Gasteiger partial charge is 0.311 e. The molecule has 0 saturated carbocycles. The number of nitrogens with zero attached hydrogens (tertiary/aromatic N) is 1. The Balaban J connectivity index is 1.68. The minimum Gasteiger partial charge on any atom is -0.311 e. The number of hydrogen-bond acceptors (Lipinski definition) is 2. The molecule has 1 N–H and O–H groups in total. The highest BCUT2D eigenvalue weighted by Crippen LogP contribution is 2.08. The Bertz CT molecular complexity index is 513. The molecule has 0 atom stereocenters. The van der Waals surface area contributed by atoms with Gasteiger partial charge in [0.15, 0.2) is 0 Å². The second-order valence-corrected chi connectivity index (χ2v) is 4.99. The molecule has 0 fully saturated rings. The maximum atomic E-state index is 13.5. The monoisotopic (exact) mass is 272 g/mol. The quantitative estimate of drug-likeness (QED) is 0.779. The molecule has 0 radical (unpaired) electrons. The molecule has 0 bridgehead atoms. The van der Waals surface area contributed by atoms with Gasteiger partial charge in [-0.2, -0.15) is 0 Å². The van der Waals surface area contributed by atoms with Crippen molar-refractivity contribution < 1.29 is 4.39 Å². The lowest BCUT2D eigenvalue weighted by Gasteiger charge is -2.17. The summed E-state index contributed by atoms with van der Waals surface area (Å²) in [5.41, 5.74) is 2.03. The van der Waals surface area contributed by atoms with Gasteiger partial charge in [-0.3, -0.25) is 0 Å². The average molecular weight is 272 g/mol. The number of nitrogens with one attached hydrogen (secondary N) is 1. The van der Waals surface area contributed by atoms with Crippen molar-refractivity contribution in [3.63, 3.8) is 0 Å². The molecule has 0 saturated heterocycles. The standard InChI is InChI=1S/C17H21FN2/c1-20(14-16-9-5-6-10-17(16)18)12-11-19-13-15-7-3-2-4-8-15/h2-10,19H,11-14H2,1H3. The van der Waals surface area contributed by atoms with Crippen LogP contribution in [0.15, 0.2) is 54.6 Å². The number of hydrogen-bond donors (Lipinski definition) is 1. The molecule has 0 heterocycles. The molecule has 2 aromatic carbocycles. The molecule has 2 rings (SSSR count). The summed E-state index contributed by atoms with van der Waals surface area (Å²) in [4.78, 5) is 2.12. The van der Waals surface area contributed by atoms with Crippen LogP contribution in [0.5, 0.6) is 0 Å². The Kier molecular flexibility index (Phi) is 5.71. The lowest BCUT2D eigenvalue weighted by atomic mass is 10.2. The van der Waals surface area contributed by atoms with Crippen LogP contribution in [0.3, 0.4) is 0 Å². The van der Waals surface area contributed by atoms with Gasteiger partial charge in [-0.25, -0.2) is 4.39 Å². The van der Waals surface area contributed by atoms with Crippen molar-refractivity contribution in [3.8, 4) is 0 Å². The second kappa shape index (κ2) is 7.78. The first kappa shape index (κ1) is 14.7. The van der Waals surface area contributed by atoms with Gasteiger partial charge in [0, 0.05) is 31.7 Å². The van der Waals surface area contributed by atoms with E-state index in [1.807, 2.05) is 37.4 Å². The van der Waals surface area contributed by atoms with Crippen LogP contribution in [0, 0.1) is 5.82 Å². The third-order valence-electron chi connectivity index (χ3n) is 3.24. The molecule has 106 valence electrons. The van der Waals surface area contributed by atoms with Crippen molar-refractivity contribution >= 4 is 0 Å². The van der Waals surface area contributed by atoms with Gasteiger partial charge < -0.3 is 10.2 Å². The van der Waals surface area contributed by atoms with Crippen LogP contribution >= 0.6 is 0 Å². The van der Waals surface area contributed by atoms with Crippen molar-refractivity contribution in [3.05, 3.63) is 71.5 Å². The van der Waals surface area contributed by atoms with Gasteiger partial charge in [0.25, 0.3) is 0 Å². The van der Waals surface area contributed by atoms with Gasteiger partial charge in [-0.1, -0.05) is 48.5 Å². The molecule has 0 aliphatic carbocycles. The second-order valence-electron chi connectivity index (χ2n) is 4.99. The highest BCUT2D eigenvalue weighted by Gasteiger charge is 2.04. The SMILES string of the molecule is CN(CCNCc1ccccc1)Cc1ccccc1F. The maximum absolute atomic E-state index is 13.5. The Morgan fingerprint density at radius 1 is 1.00 bits per heavy atom. The van der Waals surface area contributed by atoms with E-state index in [0.29, 0.717) is 6.54 Å². The molecule has 0 aromatic heterocycles. The van der Waals surface area contributed by atoms with E-state index in [9.17, 15) is 4.39 Å². The molecule has 2 aromatic rings. The Labute approximate surface area is 120 Å². The maximum Gasteiger partial charge on any atom is 0.127 e. The van der Waals surface area contributed by atoms with Gasteiger partial charge in [0.1, 0.15) is 5.82 Å². The average Bonchev–Trinajstić information content (AvgIpc) is 2.47. The number of benzene rings is 2. The molecule has 0 unspecified atom stereocenters. The fourth-order valence-electron chi connectivity index (χ4n) is 2.09. The van der Waals surface area contributed by atoms with Gasteiger partial charge in [0.2, 0.25) is 0 Å². The highest BCUT2D eigenvalue weighted by atomic mass is 19.1. The van der Waals surface area contributed by atoms with Crippen molar-refractivity contribution in [2.24, 2.45) is 0 Å². The zero-order valence-electron chi connectivity index (χ0n) is 11.8. The van der Waals surface area contributed by atoms with Crippen molar-refractivity contribution in [1.82, 2.24) is 10.2 Å². The third-order valence-corrected chi connectivity index (χ3v) is 3.24. The van der Waals surface area contributed by atoms with Gasteiger partial charge >= 0.3 is 0 Å². The molecule has 0 spiro atoms. The van der Waals surface area contributed by atoms with E-state index in [4.69, 9.17) is 0 Å². The minimum atomic E-state index is -0.128. The lowest BCUT2D eigenvalue weighted by molar-refractivity contribution is 0.319. The normalized spacial score (nSPS) is 10.9. The Morgan fingerprint density at radius 3 is 2.45 bits per heavy atom. The van der Waals surface area contributed by atoms with E-state index < -0.39 is 0 Å². The molecule has 0 aliphatic heterocycles. The van der Waals surface area contributed by atoms with Gasteiger partial charge in [0.05, 0.1) is 0 Å². The van der Waals surface area contributed by atoms with Crippen LogP contribution in [0.1, 0.15) is 11.1 Å². The van der Waals surface area contributed by atoms with Crippen LogP contribution in [0.2, 0.25) is 0 Å². The molecule has 3 heteroatoms. The van der Waals surface area contributed by atoms with Gasteiger partial charge in [-0.15, -0.1) is 0 Å². The Hall–Kier alpha value is -1.71. The number of likely N-dealkylation sites (N-methyl/N-ethyl adjacent to an activating group) is 1. The number of halogens is 1. The fraction of sp³-hybridized carbons (Fsp3) is 0.294. The summed E-state index contributed by atoms with van der Waals surface area (Å²) in [6.45, 7) is 3.29. The fourth-order valence-corrected chi connectivity index (χ4v) is 2.09. The van der Waals surface area contributed by atoms with Crippen LogP contribution in [-0.4, -0.2) is 25.0 Å². The summed E-state index contributed by atoms with van der Waals surface area (Å²) in [6, 6.07) is 17.3. The van der Waals surface area contributed by atoms with E-state index in [-0.39, 0.29) is 5.82 Å². The predicted molar refractivity (Wildman–Crippen MR) is 80.9 cm³/mol. The Morgan fingerprint density at radius 2 is 1.70 bits per heavy atom. The van der Waals surface area contributed by atoms with E-state index in [1.165, 1.54) is 11.6 Å². The lowest BCUT2D eigenvalue weighted by Crippen LogP contribution is -2.28. The predicted octanol–water partition coefficient (Wildman–Crippen LogP) is 3.05. The van der Waals surface area contributed by atoms with Crippen molar-refractivity contribution in [1.29, 1.82) is 0 Å². The van der Waals surface area contributed by atoms with E-state index in [2.05, 4.69) is 22.3 Å². The first-order valence-electron chi connectivity index (χ1n) is 6.92. The summed E-state index contributed by atoms with van der Waals surface area (Å²) in [6.07, 6.45) is 0. The molecule has 2 nitrogen and oxygen atoms in total. The molecule has 20 heavy (non-hydrogen) atoms. The summed E-state index contributed by atoms with van der Waals surface area (Å²) in [7, 11) is 2.01. The summed E-state index contributed by atoms with van der Waals surface area (Å²) < 4.78 is 13.5. The van der Waals surface area contributed by atoms with Crippen LogP contribution in [-0.2, 0) is 13.1 Å². The van der Waals surface area contributed by atoms with E-state index in [0.717, 1.165) is 25.2 Å². The topological polar surface area (TPSA) is 15.3 Å². The zero-order valence-corrected chi connectivity index (χ0v) is 11.8. The van der Waals surface area contributed by atoms with Crippen LogP contribution in [0.25, 0.3) is 0 Å². The smallest absolute Gasteiger partial charge is 0.127 e. The summed E-state index contributed by atoms with van der Waals surface area (Å²) in [5, 5.41) is 3.40. The molecule has 0 aliphatic rings. The first-order chi connectivity index (χ1) is 9.75. The van der Waals surface area contributed by atoms with Crippen LogP contribution in [0.4, 0.5) is 4.39 Å². The molecular weight excluding hydrogens is 251 g/mol. The van der Waals surface area contributed by atoms with E-state index in [1.54, 1.807) is 6.07 Å². The minimum absolute atomic E-state index is 0.128. The van der Waals surface area contributed by atoms with Gasteiger partial charge in [-0.05, 0) is 18.7 Å². The zero-order chi connectivity index (χ0) is 14.2. The summed E-state index contributed by atoms with van der Waals surface area (Å²) in [5.74, 6) is -0.128.